The Morgan fingerprint density at radius 3 is 2.62 bits per heavy atom. The van der Waals surface area contributed by atoms with Crippen molar-refractivity contribution >= 4 is 11.8 Å². The third kappa shape index (κ3) is 5.75. The van der Waals surface area contributed by atoms with Crippen LogP contribution >= 0.6 is 0 Å². The molecule has 1 aromatic heterocycles. The predicted molar refractivity (Wildman–Crippen MR) is 150 cm³/mol. The molecule has 6 rings (SSSR count). The molecule has 9 nitrogen and oxygen atoms in total. The highest BCUT2D eigenvalue weighted by molar-refractivity contribution is 5.95. The van der Waals surface area contributed by atoms with Crippen LogP contribution in [0.5, 0.6) is 5.75 Å². The fraction of sp³-hybridized carbons (Fsp3) is 0.484. The van der Waals surface area contributed by atoms with Crippen LogP contribution in [-0.2, 0) is 4.74 Å². The van der Waals surface area contributed by atoms with Crippen LogP contribution < -0.4 is 4.74 Å². The van der Waals surface area contributed by atoms with Crippen molar-refractivity contribution in [3.05, 3.63) is 66.0 Å². The first-order chi connectivity index (χ1) is 19.6. The SMILES string of the molecule is O=C(c1ccc(-c2ncn[nH]2)cc1)N1CCC2(CCCCOC[C@@H]3CCCN3C(=O)c3cccc(c3)OC2)CC1. The number of ether oxygens (including phenoxy) is 2. The van der Waals surface area contributed by atoms with E-state index in [-0.39, 0.29) is 23.3 Å². The Bertz CT molecular complexity index is 1300. The number of nitrogens with one attached hydrogen (secondary N) is 1. The van der Waals surface area contributed by atoms with E-state index < -0.39 is 0 Å². The van der Waals surface area contributed by atoms with E-state index >= 15 is 0 Å². The molecule has 210 valence electrons. The highest BCUT2D eigenvalue weighted by atomic mass is 16.5. The molecule has 3 aliphatic rings. The van der Waals surface area contributed by atoms with Crippen molar-refractivity contribution in [3.8, 4) is 17.1 Å². The zero-order valence-corrected chi connectivity index (χ0v) is 22.9. The number of piperidine rings is 1. The second-order valence-corrected chi connectivity index (χ2v) is 11.3. The number of amides is 2. The van der Waals surface area contributed by atoms with Gasteiger partial charge in [-0.05, 0) is 68.9 Å². The smallest absolute Gasteiger partial charge is 0.254 e. The van der Waals surface area contributed by atoms with Gasteiger partial charge in [0, 0.05) is 48.3 Å². The van der Waals surface area contributed by atoms with Gasteiger partial charge in [0.2, 0.25) is 0 Å². The summed E-state index contributed by atoms with van der Waals surface area (Å²) in [5, 5.41) is 6.75. The molecule has 3 aliphatic heterocycles. The number of hydrogen-bond donors (Lipinski definition) is 1. The zero-order chi connectivity index (χ0) is 27.4. The minimum atomic E-state index is -0.0207. The number of benzene rings is 2. The number of carbonyl (C=O) groups is 2. The number of carbonyl (C=O) groups excluding carboxylic acids is 2. The lowest BCUT2D eigenvalue weighted by Crippen LogP contribution is -2.45. The Balaban J connectivity index is 1.13. The van der Waals surface area contributed by atoms with Crippen molar-refractivity contribution in [3.63, 3.8) is 0 Å². The number of aromatic amines is 1. The summed E-state index contributed by atoms with van der Waals surface area (Å²) in [6.45, 7) is 4.05. The molecular formula is C31H37N5O4. The van der Waals surface area contributed by atoms with E-state index in [1.807, 2.05) is 58.3 Å². The average molecular weight is 544 g/mol. The van der Waals surface area contributed by atoms with Gasteiger partial charge in [0.25, 0.3) is 11.8 Å². The van der Waals surface area contributed by atoms with Gasteiger partial charge in [0.1, 0.15) is 12.1 Å². The molecule has 3 aromatic rings. The Morgan fingerprint density at radius 1 is 0.975 bits per heavy atom. The molecule has 0 aliphatic carbocycles. The van der Waals surface area contributed by atoms with Crippen LogP contribution in [0.3, 0.4) is 0 Å². The maximum Gasteiger partial charge on any atom is 0.254 e. The summed E-state index contributed by atoms with van der Waals surface area (Å²) in [5.41, 5.74) is 2.22. The van der Waals surface area contributed by atoms with Gasteiger partial charge in [-0.2, -0.15) is 5.10 Å². The van der Waals surface area contributed by atoms with Gasteiger partial charge in [-0.15, -0.1) is 0 Å². The van der Waals surface area contributed by atoms with Crippen molar-refractivity contribution < 1.29 is 19.1 Å². The van der Waals surface area contributed by atoms with Gasteiger partial charge in [0.15, 0.2) is 5.82 Å². The van der Waals surface area contributed by atoms with E-state index in [0.29, 0.717) is 49.9 Å². The van der Waals surface area contributed by atoms with Crippen LogP contribution in [0.2, 0.25) is 0 Å². The topological polar surface area (TPSA) is 101 Å². The van der Waals surface area contributed by atoms with Crippen LogP contribution in [0, 0.1) is 5.41 Å². The summed E-state index contributed by atoms with van der Waals surface area (Å²) in [5.74, 6) is 1.53. The van der Waals surface area contributed by atoms with Gasteiger partial charge < -0.3 is 19.3 Å². The minimum absolute atomic E-state index is 0.0207. The number of H-pyrrole nitrogens is 1. The number of aromatic nitrogens is 3. The van der Waals surface area contributed by atoms with Crippen molar-refractivity contribution in [2.24, 2.45) is 5.41 Å². The fourth-order valence-corrected chi connectivity index (χ4v) is 6.27. The first kappa shape index (κ1) is 26.5. The molecular weight excluding hydrogens is 506 g/mol. The molecule has 2 fully saturated rings. The first-order valence-corrected chi connectivity index (χ1v) is 14.5. The summed E-state index contributed by atoms with van der Waals surface area (Å²) in [4.78, 5) is 34.7. The van der Waals surface area contributed by atoms with E-state index in [2.05, 4.69) is 15.2 Å². The number of fused-ring (bicyclic) bond motifs is 3. The van der Waals surface area contributed by atoms with Crippen LogP contribution in [-0.4, -0.2) is 82.3 Å². The molecule has 40 heavy (non-hydrogen) atoms. The number of hydrogen-bond acceptors (Lipinski definition) is 6. The lowest BCUT2D eigenvalue weighted by molar-refractivity contribution is 0.0332. The molecule has 1 atom stereocenters. The predicted octanol–water partition coefficient (Wildman–Crippen LogP) is 4.58. The molecule has 2 saturated heterocycles. The largest absolute Gasteiger partial charge is 0.493 e. The van der Waals surface area contributed by atoms with Crippen molar-refractivity contribution in [2.45, 2.75) is 51.0 Å². The Hall–Kier alpha value is -3.72. The molecule has 2 aromatic carbocycles. The molecule has 2 amide bonds. The highest BCUT2D eigenvalue weighted by Crippen LogP contribution is 2.38. The summed E-state index contributed by atoms with van der Waals surface area (Å²) in [6, 6.07) is 15.3. The molecule has 1 spiro atoms. The van der Waals surface area contributed by atoms with Gasteiger partial charge in [-0.25, -0.2) is 4.98 Å². The third-order valence-corrected chi connectivity index (χ3v) is 8.75. The lowest BCUT2D eigenvalue weighted by atomic mass is 9.75. The van der Waals surface area contributed by atoms with Crippen molar-refractivity contribution in [1.82, 2.24) is 25.0 Å². The first-order valence-electron chi connectivity index (χ1n) is 14.5. The van der Waals surface area contributed by atoms with Crippen LogP contribution in [0.25, 0.3) is 11.4 Å². The third-order valence-electron chi connectivity index (χ3n) is 8.75. The van der Waals surface area contributed by atoms with Gasteiger partial charge in [-0.3, -0.25) is 14.7 Å². The Kier molecular flexibility index (Phi) is 7.82. The summed E-state index contributed by atoms with van der Waals surface area (Å²) < 4.78 is 12.4. The Morgan fingerprint density at radius 2 is 1.82 bits per heavy atom. The van der Waals surface area contributed by atoms with E-state index in [4.69, 9.17) is 9.47 Å². The summed E-state index contributed by atoms with van der Waals surface area (Å²) >= 11 is 0. The lowest BCUT2D eigenvalue weighted by Gasteiger charge is -2.42. The highest BCUT2D eigenvalue weighted by Gasteiger charge is 2.37. The molecule has 9 heteroatoms. The van der Waals surface area contributed by atoms with E-state index in [1.54, 1.807) is 0 Å². The van der Waals surface area contributed by atoms with Gasteiger partial charge in [-0.1, -0.05) is 24.6 Å². The van der Waals surface area contributed by atoms with Crippen molar-refractivity contribution in [1.29, 1.82) is 0 Å². The quantitative estimate of drug-likeness (QED) is 0.508. The Labute approximate surface area is 234 Å². The number of nitrogens with zero attached hydrogens (tertiary/aromatic N) is 4. The zero-order valence-electron chi connectivity index (χ0n) is 22.9. The average Bonchev–Trinajstić information content (AvgIpc) is 3.71. The van der Waals surface area contributed by atoms with Crippen LogP contribution in [0.1, 0.15) is 65.7 Å². The van der Waals surface area contributed by atoms with Crippen LogP contribution in [0.4, 0.5) is 0 Å². The number of likely N-dealkylation sites (tertiary alicyclic amines) is 1. The normalized spacial score (nSPS) is 21.8. The molecule has 1 N–H and O–H groups in total. The van der Waals surface area contributed by atoms with Gasteiger partial charge in [0.05, 0.1) is 19.3 Å². The van der Waals surface area contributed by atoms with E-state index in [1.165, 1.54) is 6.33 Å². The monoisotopic (exact) mass is 543 g/mol. The van der Waals surface area contributed by atoms with Crippen molar-refractivity contribution in [2.75, 3.05) is 39.5 Å². The summed E-state index contributed by atoms with van der Waals surface area (Å²) in [6.07, 6.45) is 8.30. The second kappa shape index (κ2) is 11.8. The molecule has 0 radical (unpaired) electrons. The van der Waals surface area contributed by atoms with Crippen LogP contribution in [0.15, 0.2) is 54.9 Å². The molecule has 0 saturated carbocycles. The van der Waals surface area contributed by atoms with Gasteiger partial charge >= 0.3 is 0 Å². The minimum Gasteiger partial charge on any atom is -0.493 e. The second-order valence-electron chi connectivity index (χ2n) is 11.3. The molecule has 0 unspecified atom stereocenters. The fourth-order valence-electron chi connectivity index (χ4n) is 6.27. The maximum atomic E-state index is 13.3. The molecule has 2 bridgehead atoms. The standard InChI is InChI=1S/C31H37N5O4/c37-29(24-10-8-23(9-11-24)28-32-22-33-34-28)35-16-13-31(14-17-35)12-1-2-18-39-20-26-6-4-15-36(26)30(38)25-5-3-7-27(19-25)40-21-31/h3,5,7-11,19,22,26H,1-2,4,6,12-18,20-21H2,(H,32,33,34)/t26-/m0/s1. The molecule has 4 heterocycles. The maximum absolute atomic E-state index is 13.3. The number of rotatable bonds is 2. The van der Waals surface area contributed by atoms with E-state index in [0.717, 1.165) is 62.8 Å². The van der Waals surface area contributed by atoms with E-state index in [9.17, 15) is 9.59 Å². The summed E-state index contributed by atoms with van der Waals surface area (Å²) in [7, 11) is 0.